The first-order valence-electron chi connectivity index (χ1n) is 6.01. The number of methoxy groups -OCH3 is 2. The molecule has 0 aliphatic rings. The number of carbonyl (C=O) groups is 1. The van der Waals surface area contributed by atoms with Crippen molar-refractivity contribution in [2.45, 2.75) is 6.42 Å². The number of esters is 1. The maximum atomic E-state index is 11.3. The molecule has 0 aliphatic carbocycles. The molecule has 0 radical (unpaired) electrons. The van der Waals surface area contributed by atoms with Gasteiger partial charge in [0.1, 0.15) is 6.61 Å². The van der Waals surface area contributed by atoms with Crippen molar-refractivity contribution in [3.8, 4) is 5.88 Å². The minimum Gasteiger partial charge on any atom is -0.475 e. The topological polar surface area (TPSA) is 66.9 Å². The number of carbonyl (C=O) groups excluding carboxylic acids is 1. The average molecular weight is 269 g/mol. The summed E-state index contributed by atoms with van der Waals surface area (Å²) in [7, 11) is 2.99. The summed E-state index contributed by atoms with van der Waals surface area (Å²) in [5, 5.41) is 0. The van der Waals surface area contributed by atoms with Crippen molar-refractivity contribution >= 4 is 5.97 Å². The van der Waals surface area contributed by atoms with Crippen LogP contribution in [0.2, 0.25) is 0 Å². The van der Waals surface area contributed by atoms with E-state index in [2.05, 4.69) is 9.72 Å². The molecule has 0 unspecified atom stereocenters. The highest BCUT2D eigenvalue weighted by Gasteiger charge is 2.06. The third kappa shape index (κ3) is 6.17. The van der Waals surface area contributed by atoms with E-state index in [9.17, 15) is 4.79 Å². The quantitative estimate of drug-likeness (QED) is 0.497. The van der Waals surface area contributed by atoms with Crippen LogP contribution in [0, 0.1) is 0 Å². The Morgan fingerprint density at radius 2 is 2.05 bits per heavy atom. The Bertz CT molecular complexity index is 383. The SMILES string of the molecule is COCCCOCCOc1cc(C(=O)OC)ccn1. The van der Waals surface area contributed by atoms with E-state index in [0.29, 0.717) is 37.9 Å². The number of hydrogen-bond donors (Lipinski definition) is 0. The molecule has 1 aromatic rings. The van der Waals surface area contributed by atoms with Crippen LogP contribution in [0.3, 0.4) is 0 Å². The second-order valence-corrected chi connectivity index (χ2v) is 3.68. The van der Waals surface area contributed by atoms with Crippen LogP contribution in [0.4, 0.5) is 0 Å². The summed E-state index contributed by atoms with van der Waals surface area (Å²) < 4.78 is 20.2. The van der Waals surface area contributed by atoms with Crippen molar-refractivity contribution in [1.29, 1.82) is 0 Å². The van der Waals surface area contributed by atoms with Gasteiger partial charge >= 0.3 is 5.97 Å². The fourth-order valence-electron chi connectivity index (χ4n) is 1.35. The van der Waals surface area contributed by atoms with Gasteiger partial charge in [-0.05, 0) is 12.5 Å². The summed E-state index contributed by atoms with van der Waals surface area (Å²) in [4.78, 5) is 15.3. The Morgan fingerprint density at radius 1 is 1.21 bits per heavy atom. The van der Waals surface area contributed by atoms with Gasteiger partial charge in [-0.1, -0.05) is 0 Å². The van der Waals surface area contributed by atoms with E-state index < -0.39 is 5.97 Å². The highest BCUT2D eigenvalue weighted by atomic mass is 16.5. The zero-order chi connectivity index (χ0) is 13.9. The molecule has 19 heavy (non-hydrogen) atoms. The molecule has 0 saturated heterocycles. The smallest absolute Gasteiger partial charge is 0.338 e. The van der Waals surface area contributed by atoms with E-state index in [-0.39, 0.29) is 0 Å². The van der Waals surface area contributed by atoms with Crippen LogP contribution in [-0.2, 0) is 14.2 Å². The largest absolute Gasteiger partial charge is 0.475 e. The van der Waals surface area contributed by atoms with E-state index in [1.54, 1.807) is 13.2 Å². The van der Waals surface area contributed by atoms with E-state index in [1.165, 1.54) is 19.4 Å². The molecule has 1 rings (SSSR count). The fourth-order valence-corrected chi connectivity index (χ4v) is 1.35. The third-order valence-corrected chi connectivity index (χ3v) is 2.27. The zero-order valence-electron chi connectivity index (χ0n) is 11.3. The number of pyridine rings is 1. The minimum atomic E-state index is -0.414. The van der Waals surface area contributed by atoms with Crippen LogP contribution in [0.15, 0.2) is 18.3 Å². The normalized spacial score (nSPS) is 10.2. The summed E-state index contributed by atoms with van der Waals surface area (Å²) in [5.74, 6) is -0.0357. The second-order valence-electron chi connectivity index (χ2n) is 3.68. The lowest BCUT2D eigenvalue weighted by molar-refractivity contribution is 0.0599. The minimum absolute atomic E-state index is 0.378. The maximum absolute atomic E-state index is 11.3. The first-order chi connectivity index (χ1) is 9.27. The van der Waals surface area contributed by atoms with Crippen molar-refractivity contribution in [3.63, 3.8) is 0 Å². The molecule has 6 heteroatoms. The monoisotopic (exact) mass is 269 g/mol. The summed E-state index contributed by atoms with van der Waals surface area (Å²) >= 11 is 0. The first-order valence-corrected chi connectivity index (χ1v) is 6.01. The summed E-state index contributed by atoms with van der Waals surface area (Å²) in [6.07, 6.45) is 2.35. The standard InChI is InChI=1S/C13H19NO5/c1-16-6-3-7-18-8-9-19-12-10-11(4-5-14-12)13(15)17-2/h4-5,10H,3,6-9H2,1-2H3. The molecule has 0 aromatic carbocycles. The van der Waals surface area contributed by atoms with Crippen LogP contribution in [-0.4, -0.2) is 51.6 Å². The van der Waals surface area contributed by atoms with Crippen LogP contribution >= 0.6 is 0 Å². The number of hydrogen-bond acceptors (Lipinski definition) is 6. The Kier molecular flexibility index (Phi) is 7.53. The second kappa shape index (κ2) is 9.29. The molecule has 1 heterocycles. The number of ether oxygens (including phenoxy) is 4. The highest BCUT2D eigenvalue weighted by molar-refractivity contribution is 5.89. The molecular formula is C13H19NO5. The van der Waals surface area contributed by atoms with Gasteiger partial charge in [0.25, 0.3) is 0 Å². The predicted octanol–water partition coefficient (Wildman–Crippen LogP) is 1.30. The zero-order valence-corrected chi connectivity index (χ0v) is 11.3. The van der Waals surface area contributed by atoms with Crippen molar-refractivity contribution in [2.75, 3.05) is 40.6 Å². The molecule has 106 valence electrons. The van der Waals surface area contributed by atoms with Gasteiger partial charge < -0.3 is 18.9 Å². The van der Waals surface area contributed by atoms with Crippen LogP contribution in [0.5, 0.6) is 5.88 Å². The van der Waals surface area contributed by atoms with Gasteiger partial charge in [-0.3, -0.25) is 0 Å². The number of aromatic nitrogens is 1. The molecule has 0 atom stereocenters. The highest BCUT2D eigenvalue weighted by Crippen LogP contribution is 2.10. The Morgan fingerprint density at radius 3 is 2.79 bits per heavy atom. The van der Waals surface area contributed by atoms with E-state index in [1.807, 2.05) is 0 Å². The average Bonchev–Trinajstić information content (AvgIpc) is 2.46. The molecule has 0 saturated carbocycles. The van der Waals surface area contributed by atoms with Gasteiger partial charge in [0.2, 0.25) is 5.88 Å². The molecule has 0 fully saturated rings. The molecule has 1 aromatic heterocycles. The van der Waals surface area contributed by atoms with Crippen LogP contribution in [0.1, 0.15) is 16.8 Å². The van der Waals surface area contributed by atoms with Gasteiger partial charge in [0, 0.05) is 32.6 Å². The van der Waals surface area contributed by atoms with Gasteiger partial charge in [0.05, 0.1) is 19.3 Å². The third-order valence-electron chi connectivity index (χ3n) is 2.27. The van der Waals surface area contributed by atoms with E-state index >= 15 is 0 Å². The van der Waals surface area contributed by atoms with Crippen molar-refractivity contribution < 1.29 is 23.7 Å². The van der Waals surface area contributed by atoms with E-state index in [0.717, 1.165) is 6.42 Å². The lowest BCUT2D eigenvalue weighted by Crippen LogP contribution is -2.10. The predicted molar refractivity (Wildman–Crippen MR) is 68.4 cm³/mol. The van der Waals surface area contributed by atoms with E-state index in [4.69, 9.17) is 14.2 Å². The number of nitrogens with zero attached hydrogens (tertiary/aromatic N) is 1. The molecule has 0 spiro atoms. The number of rotatable bonds is 9. The lowest BCUT2D eigenvalue weighted by atomic mass is 10.3. The Hall–Kier alpha value is -1.66. The molecule has 0 N–H and O–H groups in total. The molecule has 0 bridgehead atoms. The fraction of sp³-hybridized carbons (Fsp3) is 0.538. The first kappa shape index (κ1) is 15.4. The summed E-state index contributed by atoms with van der Waals surface area (Å²) in [6, 6.07) is 3.11. The van der Waals surface area contributed by atoms with Gasteiger partial charge in [-0.2, -0.15) is 0 Å². The van der Waals surface area contributed by atoms with Crippen molar-refractivity contribution in [3.05, 3.63) is 23.9 Å². The summed E-state index contributed by atoms with van der Waals surface area (Å²) in [5.41, 5.74) is 0.411. The molecule has 0 aliphatic heterocycles. The molecule has 0 amide bonds. The molecular weight excluding hydrogens is 250 g/mol. The molecule has 6 nitrogen and oxygen atoms in total. The lowest BCUT2D eigenvalue weighted by Gasteiger charge is -2.07. The van der Waals surface area contributed by atoms with Crippen molar-refractivity contribution in [1.82, 2.24) is 4.98 Å². The summed E-state index contributed by atoms with van der Waals surface area (Å²) in [6.45, 7) is 2.16. The van der Waals surface area contributed by atoms with Crippen molar-refractivity contribution in [2.24, 2.45) is 0 Å². The van der Waals surface area contributed by atoms with Gasteiger partial charge in [0.15, 0.2) is 0 Å². The van der Waals surface area contributed by atoms with Gasteiger partial charge in [-0.15, -0.1) is 0 Å². The van der Waals surface area contributed by atoms with Gasteiger partial charge in [-0.25, -0.2) is 9.78 Å². The van der Waals surface area contributed by atoms with Crippen LogP contribution < -0.4 is 4.74 Å². The Labute approximate surface area is 112 Å². The Balaban J connectivity index is 2.24. The maximum Gasteiger partial charge on any atom is 0.338 e. The van der Waals surface area contributed by atoms with Crippen LogP contribution in [0.25, 0.3) is 0 Å².